The van der Waals surface area contributed by atoms with Crippen molar-refractivity contribution in [3.05, 3.63) is 53.4 Å². The first kappa shape index (κ1) is 39.7. The number of nitrogens with zero attached hydrogens (tertiary/aromatic N) is 5. The third kappa shape index (κ3) is 9.44. The molecule has 3 aliphatic heterocycles. The Hall–Kier alpha value is -5.03. The number of hydrogen-bond acceptors (Lipinski definition) is 8. The van der Waals surface area contributed by atoms with Crippen molar-refractivity contribution in [3.63, 3.8) is 0 Å². The molecule has 0 bridgehead atoms. The van der Waals surface area contributed by atoms with E-state index in [1.54, 1.807) is 45.2 Å². The molecule has 18 heteroatoms. The molecule has 3 N–H and O–H groups in total. The molecule has 3 unspecified atom stereocenters. The summed E-state index contributed by atoms with van der Waals surface area (Å²) in [7, 11) is 1.22. The molecule has 3 fully saturated rings. The number of carbonyl (C=O) groups excluding carboxylic acids is 4. The topological polar surface area (TPSA) is 152 Å². The number of carbonyl (C=O) groups is 4. The lowest BCUT2D eigenvalue weighted by Gasteiger charge is -2.45. The number of amides is 5. The van der Waals surface area contributed by atoms with Crippen LogP contribution >= 0.6 is 11.6 Å². The van der Waals surface area contributed by atoms with Crippen molar-refractivity contribution in [1.82, 2.24) is 34.9 Å². The summed E-state index contributed by atoms with van der Waals surface area (Å²) >= 11 is 6.58. The second-order valence-corrected chi connectivity index (χ2v) is 14.6. The van der Waals surface area contributed by atoms with Gasteiger partial charge in [0.15, 0.2) is 0 Å². The van der Waals surface area contributed by atoms with E-state index in [2.05, 4.69) is 41.9 Å². The van der Waals surface area contributed by atoms with Gasteiger partial charge in [-0.1, -0.05) is 42.8 Å². The van der Waals surface area contributed by atoms with Crippen molar-refractivity contribution in [2.45, 2.75) is 57.6 Å². The lowest BCUT2D eigenvalue weighted by molar-refractivity contribution is -0.274. The van der Waals surface area contributed by atoms with Gasteiger partial charge < -0.3 is 39.8 Å². The Morgan fingerprint density at radius 2 is 1.75 bits per heavy atom. The highest BCUT2D eigenvalue weighted by Gasteiger charge is 2.37. The first-order valence-corrected chi connectivity index (χ1v) is 18.5. The Balaban J connectivity index is 1.13. The first-order chi connectivity index (χ1) is 26.2. The van der Waals surface area contributed by atoms with E-state index in [1.807, 2.05) is 6.92 Å². The number of anilines is 1. The molecule has 2 aromatic carbocycles. The van der Waals surface area contributed by atoms with E-state index in [0.29, 0.717) is 61.8 Å². The number of urea groups is 1. The highest BCUT2D eigenvalue weighted by molar-refractivity contribution is 6.34. The summed E-state index contributed by atoms with van der Waals surface area (Å²) in [5.74, 6) is -0.0500. The minimum Gasteiger partial charge on any atom is -0.453 e. The number of alkyl halides is 3. The molecule has 1 aromatic heterocycles. The summed E-state index contributed by atoms with van der Waals surface area (Å²) in [4.78, 5) is 64.0. The van der Waals surface area contributed by atoms with Crippen molar-refractivity contribution in [3.8, 4) is 28.1 Å². The minimum atomic E-state index is -5.02. The van der Waals surface area contributed by atoms with Gasteiger partial charge in [-0.25, -0.2) is 14.6 Å². The van der Waals surface area contributed by atoms with E-state index in [4.69, 9.17) is 11.6 Å². The predicted molar refractivity (Wildman–Crippen MR) is 197 cm³/mol. The number of ether oxygens (including phenoxy) is 2. The lowest BCUT2D eigenvalue weighted by atomic mass is 10.00. The molecule has 14 nitrogen and oxygen atoms in total. The number of aromatic nitrogens is 2. The van der Waals surface area contributed by atoms with Crippen LogP contribution in [0, 0.1) is 5.92 Å². The molecule has 0 saturated carbocycles. The number of aromatic amines is 1. The second-order valence-electron chi connectivity index (χ2n) is 14.2. The monoisotopic (exact) mass is 788 g/mol. The number of hydrogen-bond donors (Lipinski definition) is 3. The molecule has 55 heavy (non-hydrogen) atoms. The molecule has 4 heterocycles. The van der Waals surface area contributed by atoms with E-state index in [0.717, 1.165) is 31.9 Å². The van der Waals surface area contributed by atoms with Crippen LogP contribution in [0.5, 0.6) is 5.75 Å². The van der Waals surface area contributed by atoms with E-state index >= 15 is 0 Å². The molecule has 5 amide bonds. The molecule has 3 atom stereocenters. The van der Waals surface area contributed by atoms with Gasteiger partial charge in [-0.2, -0.15) is 0 Å². The van der Waals surface area contributed by atoms with Crippen LogP contribution in [-0.4, -0.2) is 125 Å². The zero-order chi connectivity index (χ0) is 39.4. The summed E-state index contributed by atoms with van der Waals surface area (Å²) in [6.07, 6.45) is -1.14. The third-order valence-corrected chi connectivity index (χ3v) is 10.7. The van der Waals surface area contributed by atoms with Gasteiger partial charge in [-0.3, -0.25) is 14.5 Å². The Morgan fingerprint density at radius 3 is 2.40 bits per heavy atom. The number of imidazole rings is 1. The second kappa shape index (κ2) is 16.8. The van der Waals surface area contributed by atoms with Gasteiger partial charge >= 0.3 is 18.5 Å². The molecule has 0 aliphatic carbocycles. The van der Waals surface area contributed by atoms with Crippen LogP contribution in [-0.2, 0) is 14.3 Å². The highest BCUT2D eigenvalue weighted by Crippen LogP contribution is 2.41. The lowest BCUT2D eigenvalue weighted by Crippen LogP contribution is -2.57. The number of methoxy groups -OCH3 is 1. The van der Waals surface area contributed by atoms with Crippen molar-refractivity contribution in [1.29, 1.82) is 0 Å². The largest absolute Gasteiger partial charge is 0.573 e. The maximum atomic E-state index is 13.7. The fourth-order valence-corrected chi connectivity index (χ4v) is 7.91. The van der Waals surface area contributed by atoms with Gasteiger partial charge in [0, 0.05) is 63.0 Å². The summed E-state index contributed by atoms with van der Waals surface area (Å²) in [5, 5.41) is 5.12. The van der Waals surface area contributed by atoms with Crippen LogP contribution in [0.1, 0.15) is 45.0 Å². The average molecular weight is 789 g/mol. The molecule has 3 aromatic rings. The van der Waals surface area contributed by atoms with Crippen molar-refractivity contribution in [2.75, 3.05) is 58.2 Å². The summed E-state index contributed by atoms with van der Waals surface area (Å²) < 4.78 is 50.0. The Bertz CT molecular complexity index is 1870. The number of rotatable bonds is 9. The molecular weight excluding hydrogens is 745 g/mol. The molecular formula is C37H44ClF3N8O6. The predicted octanol–water partition coefficient (Wildman–Crippen LogP) is 5.72. The number of likely N-dealkylation sites (tertiary alicyclic amines) is 2. The summed E-state index contributed by atoms with van der Waals surface area (Å²) in [6.45, 7) is 7.35. The molecule has 0 radical (unpaired) electrons. The number of piperazine rings is 1. The van der Waals surface area contributed by atoms with Gasteiger partial charge in [-0.15, -0.1) is 13.2 Å². The number of piperidine rings is 1. The smallest absolute Gasteiger partial charge is 0.453 e. The normalized spacial score (nSPS) is 21.0. The maximum Gasteiger partial charge on any atom is 0.573 e. The van der Waals surface area contributed by atoms with E-state index in [1.165, 1.54) is 13.2 Å². The van der Waals surface area contributed by atoms with Gasteiger partial charge in [0.25, 0.3) is 0 Å². The van der Waals surface area contributed by atoms with E-state index in [9.17, 15) is 32.3 Å². The maximum absolute atomic E-state index is 13.7. The quantitative estimate of drug-likeness (QED) is 0.233. The molecule has 0 spiro atoms. The minimum absolute atomic E-state index is 0.0214. The van der Waals surface area contributed by atoms with Crippen LogP contribution < -0.4 is 15.4 Å². The van der Waals surface area contributed by atoms with Gasteiger partial charge in [-0.05, 0) is 49.3 Å². The van der Waals surface area contributed by atoms with E-state index < -0.39 is 24.2 Å². The first-order valence-electron chi connectivity index (χ1n) is 18.1. The van der Waals surface area contributed by atoms with Crippen LogP contribution in [0.25, 0.3) is 22.4 Å². The molecule has 3 aliphatic rings. The van der Waals surface area contributed by atoms with Gasteiger partial charge in [0.1, 0.15) is 18.1 Å². The zero-order valence-corrected chi connectivity index (χ0v) is 31.5. The molecule has 3 saturated heterocycles. The SMILES string of the molecule is COC(=O)NCC(=O)N1CC(C)CC1c1ncc(-c2ccc(-c3cc(Cl)c(NC(=O)N4CCC(N5CCN(C=O)CC5C)CC4)cc3OC(F)(F)F)cc2)[nH]1. The number of H-pyrrole nitrogens is 1. The average Bonchev–Trinajstić information content (AvgIpc) is 3.81. The van der Waals surface area contributed by atoms with Gasteiger partial charge in [0.05, 0.1) is 35.8 Å². The van der Waals surface area contributed by atoms with Crippen molar-refractivity contribution < 1.29 is 41.8 Å². The summed E-state index contributed by atoms with van der Waals surface area (Å²) in [5.41, 5.74) is 1.74. The Labute approximate surface area is 321 Å². The van der Waals surface area contributed by atoms with Crippen molar-refractivity contribution in [2.24, 2.45) is 5.92 Å². The number of halogens is 4. The third-order valence-electron chi connectivity index (χ3n) is 10.4. The highest BCUT2D eigenvalue weighted by atomic mass is 35.5. The number of nitrogens with one attached hydrogen (secondary N) is 3. The summed E-state index contributed by atoms with van der Waals surface area (Å²) in [6, 6.07) is 8.70. The Kier molecular flexibility index (Phi) is 12.1. The van der Waals surface area contributed by atoms with Crippen LogP contribution in [0.3, 0.4) is 0 Å². The molecule has 6 rings (SSSR count). The Morgan fingerprint density at radius 1 is 1.04 bits per heavy atom. The van der Waals surface area contributed by atoms with Crippen LogP contribution in [0.15, 0.2) is 42.6 Å². The van der Waals surface area contributed by atoms with Crippen LogP contribution in [0.4, 0.5) is 28.4 Å². The van der Waals surface area contributed by atoms with E-state index in [-0.39, 0.29) is 52.8 Å². The van der Waals surface area contributed by atoms with Crippen molar-refractivity contribution >= 4 is 41.7 Å². The number of alkyl carbamates (subject to hydrolysis) is 1. The van der Waals surface area contributed by atoms with Crippen LogP contribution in [0.2, 0.25) is 5.02 Å². The number of benzene rings is 2. The fraction of sp³-hybridized carbons (Fsp3) is 0.486. The zero-order valence-electron chi connectivity index (χ0n) is 30.7. The fourth-order valence-electron chi connectivity index (χ4n) is 7.70. The standard InChI is InChI=1S/C37H44ClF3N8O6/c1-22-14-31(49(19-22)33(51)18-43-36(53)54-3)34-42-17-30(44-34)25-6-4-24(5-7-25)27-15-28(38)29(16-32(27)55-37(39,40)41)45-35(52)47-10-8-26(9-11-47)48-13-12-46(21-50)20-23(48)2/h4-7,15-17,21-23,26,31H,8-14,18-20H2,1-3H3,(H,42,44)(H,43,53)(H,45,52). The molecule has 296 valence electrons. The van der Waals surface area contributed by atoms with Gasteiger partial charge in [0.2, 0.25) is 12.3 Å².